The lowest BCUT2D eigenvalue weighted by Gasteiger charge is -2.33. The first-order chi connectivity index (χ1) is 10.9. The van der Waals surface area contributed by atoms with Crippen molar-refractivity contribution >= 4 is 15.9 Å². The van der Waals surface area contributed by atoms with Gasteiger partial charge in [0.05, 0.1) is 4.90 Å². The molecule has 0 aliphatic carbocycles. The van der Waals surface area contributed by atoms with Gasteiger partial charge in [-0.25, -0.2) is 8.42 Å². The van der Waals surface area contributed by atoms with E-state index in [1.54, 1.807) is 27.4 Å². The molecule has 1 amide bonds. The fourth-order valence-electron chi connectivity index (χ4n) is 3.25. The summed E-state index contributed by atoms with van der Waals surface area (Å²) in [6, 6.07) is 4.95. The van der Waals surface area contributed by atoms with Gasteiger partial charge in [-0.05, 0) is 50.8 Å². The minimum absolute atomic E-state index is 0.0181. The number of sulfonamides is 1. The Bertz CT molecular complexity index is 711. The maximum Gasteiger partial charge on any atom is 0.254 e. The second-order valence-electron chi connectivity index (χ2n) is 6.58. The summed E-state index contributed by atoms with van der Waals surface area (Å²) in [5, 5.41) is 0. The maximum atomic E-state index is 12.9. The molecule has 2 heterocycles. The molecule has 0 radical (unpaired) electrons. The van der Waals surface area contributed by atoms with Crippen molar-refractivity contribution in [1.29, 1.82) is 0 Å². The molecule has 1 atom stereocenters. The van der Waals surface area contributed by atoms with E-state index in [4.69, 9.17) is 0 Å². The number of carbonyl (C=O) groups excluding carboxylic acids is 1. The van der Waals surface area contributed by atoms with E-state index in [0.717, 1.165) is 44.3 Å². The third kappa shape index (κ3) is 3.02. The highest BCUT2D eigenvalue weighted by Crippen LogP contribution is 2.27. The van der Waals surface area contributed by atoms with Crippen LogP contribution in [0.15, 0.2) is 23.1 Å². The van der Waals surface area contributed by atoms with Crippen molar-refractivity contribution in [3.05, 3.63) is 29.3 Å². The van der Waals surface area contributed by atoms with Crippen LogP contribution in [-0.2, 0) is 10.0 Å². The van der Waals surface area contributed by atoms with Gasteiger partial charge in [0.15, 0.2) is 0 Å². The predicted octanol–water partition coefficient (Wildman–Crippen LogP) is 2.40. The van der Waals surface area contributed by atoms with Gasteiger partial charge >= 0.3 is 0 Å². The minimum Gasteiger partial charge on any atom is -0.339 e. The summed E-state index contributed by atoms with van der Waals surface area (Å²) in [6.45, 7) is 5.90. The van der Waals surface area contributed by atoms with Crippen LogP contribution in [0, 0.1) is 6.92 Å². The lowest BCUT2D eigenvalue weighted by Crippen LogP contribution is -2.43. The number of rotatable bonds is 3. The second kappa shape index (κ2) is 6.24. The van der Waals surface area contributed by atoms with Gasteiger partial charge in [0, 0.05) is 31.2 Å². The number of amides is 1. The fraction of sp³-hybridized carbons (Fsp3) is 0.588. The van der Waals surface area contributed by atoms with Crippen LogP contribution in [0.3, 0.4) is 0 Å². The zero-order valence-electron chi connectivity index (χ0n) is 13.8. The van der Waals surface area contributed by atoms with E-state index in [0.29, 0.717) is 12.1 Å². The standard InChI is InChI=1S/C17H24N2O3S/c1-13-7-8-15(12-16(13)17(20)18-9-5-10-18)23(21,22)19-11-4-3-6-14(19)2/h7-8,12,14H,3-6,9-11H2,1-2H3. The molecule has 2 aliphatic rings. The monoisotopic (exact) mass is 336 g/mol. The summed E-state index contributed by atoms with van der Waals surface area (Å²) in [4.78, 5) is 14.5. The molecule has 0 bridgehead atoms. The van der Waals surface area contributed by atoms with E-state index in [2.05, 4.69) is 0 Å². The largest absolute Gasteiger partial charge is 0.339 e. The highest BCUT2D eigenvalue weighted by atomic mass is 32.2. The van der Waals surface area contributed by atoms with Gasteiger partial charge in [-0.15, -0.1) is 0 Å². The molecule has 126 valence electrons. The van der Waals surface area contributed by atoms with Crippen LogP contribution in [0.4, 0.5) is 0 Å². The maximum absolute atomic E-state index is 12.9. The van der Waals surface area contributed by atoms with Crippen molar-refractivity contribution in [2.75, 3.05) is 19.6 Å². The summed E-state index contributed by atoms with van der Waals surface area (Å²) in [7, 11) is -3.54. The molecule has 3 rings (SSSR count). The molecule has 0 spiro atoms. The van der Waals surface area contributed by atoms with E-state index in [1.807, 2.05) is 13.8 Å². The first-order valence-electron chi connectivity index (χ1n) is 8.33. The summed E-state index contributed by atoms with van der Waals surface area (Å²) in [6.07, 6.45) is 3.88. The Labute approximate surface area is 138 Å². The van der Waals surface area contributed by atoms with Crippen LogP contribution in [0.2, 0.25) is 0 Å². The van der Waals surface area contributed by atoms with Crippen molar-refractivity contribution in [3.8, 4) is 0 Å². The first-order valence-corrected chi connectivity index (χ1v) is 9.77. The smallest absolute Gasteiger partial charge is 0.254 e. The predicted molar refractivity (Wildman–Crippen MR) is 88.9 cm³/mol. The number of likely N-dealkylation sites (tertiary alicyclic amines) is 1. The van der Waals surface area contributed by atoms with E-state index >= 15 is 0 Å². The van der Waals surface area contributed by atoms with Crippen LogP contribution >= 0.6 is 0 Å². The van der Waals surface area contributed by atoms with Crippen molar-refractivity contribution in [2.45, 2.75) is 50.5 Å². The number of hydrogen-bond donors (Lipinski definition) is 0. The van der Waals surface area contributed by atoms with Gasteiger partial charge in [0.1, 0.15) is 0 Å². The molecular formula is C17H24N2O3S. The van der Waals surface area contributed by atoms with Gasteiger partial charge < -0.3 is 4.90 Å². The lowest BCUT2D eigenvalue weighted by atomic mass is 10.1. The lowest BCUT2D eigenvalue weighted by molar-refractivity contribution is 0.0651. The molecule has 1 unspecified atom stereocenters. The number of hydrogen-bond acceptors (Lipinski definition) is 3. The average molecular weight is 336 g/mol. The molecule has 0 aromatic heterocycles. The highest BCUT2D eigenvalue weighted by Gasteiger charge is 2.32. The third-order valence-corrected chi connectivity index (χ3v) is 6.94. The Hall–Kier alpha value is -1.40. The topological polar surface area (TPSA) is 57.7 Å². The zero-order valence-corrected chi connectivity index (χ0v) is 14.6. The number of benzene rings is 1. The third-order valence-electron chi connectivity index (χ3n) is 4.93. The van der Waals surface area contributed by atoms with Crippen LogP contribution in [0.25, 0.3) is 0 Å². The van der Waals surface area contributed by atoms with Crippen molar-refractivity contribution in [3.63, 3.8) is 0 Å². The quantitative estimate of drug-likeness (QED) is 0.852. The summed E-state index contributed by atoms with van der Waals surface area (Å²) in [5.74, 6) is -0.0579. The summed E-state index contributed by atoms with van der Waals surface area (Å²) in [5.41, 5.74) is 1.34. The molecule has 2 aliphatic heterocycles. The molecular weight excluding hydrogens is 312 g/mol. The molecule has 2 fully saturated rings. The van der Waals surface area contributed by atoms with Crippen LogP contribution in [-0.4, -0.2) is 49.2 Å². The molecule has 0 saturated carbocycles. The Kier molecular flexibility index (Phi) is 4.47. The Morgan fingerprint density at radius 2 is 1.87 bits per heavy atom. The van der Waals surface area contributed by atoms with E-state index in [-0.39, 0.29) is 16.8 Å². The van der Waals surface area contributed by atoms with E-state index in [9.17, 15) is 13.2 Å². The zero-order chi connectivity index (χ0) is 16.6. The fourth-order valence-corrected chi connectivity index (χ4v) is 4.97. The normalized spacial score (nSPS) is 22.7. The number of aryl methyl sites for hydroxylation is 1. The van der Waals surface area contributed by atoms with Gasteiger partial charge in [-0.1, -0.05) is 12.5 Å². The van der Waals surface area contributed by atoms with Crippen LogP contribution in [0.1, 0.15) is 48.5 Å². The number of piperidine rings is 1. The first kappa shape index (κ1) is 16.5. The SMILES string of the molecule is Cc1ccc(S(=O)(=O)N2CCCCC2C)cc1C(=O)N1CCC1. The van der Waals surface area contributed by atoms with Gasteiger partial charge in [0.25, 0.3) is 5.91 Å². The van der Waals surface area contributed by atoms with Crippen molar-refractivity contribution in [2.24, 2.45) is 0 Å². The van der Waals surface area contributed by atoms with E-state index in [1.165, 1.54) is 0 Å². The molecule has 1 aromatic carbocycles. The van der Waals surface area contributed by atoms with Gasteiger partial charge in [-0.3, -0.25) is 4.79 Å². The molecule has 0 N–H and O–H groups in total. The van der Waals surface area contributed by atoms with Crippen LogP contribution < -0.4 is 0 Å². The summed E-state index contributed by atoms with van der Waals surface area (Å²) >= 11 is 0. The summed E-state index contributed by atoms with van der Waals surface area (Å²) < 4.78 is 27.5. The van der Waals surface area contributed by atoms with Gasteiger partial charge in [-0.2, -0.15) is 4.31 Å². The van der Waals surface area contributed by atoms with Crippen molar-refractivity contribution < 1.29 is 13.2 Å². The van der Waals surface area contributed by atoms with Gasteiger partial charge in [0.2, 0.25) is 10.0 Å². The average Bonchev–Trinajstić information content (AvgIpc) is 2.45. The molecule has 1 aromatic rings. The number of nitrogens with zero attached hydrogens (tertiary/aromatic N) is 2. The molecule has 5 nitrogen and oxygen atoms in total. The second-order valence-corrected chi connectivity index (χ2v) is 8.47. The Morgan fingerprint density at radius 1 is 1.13 bits per heavy atom. The van der Waals surface area contributed by atoms with E-state index < -0.39 is 10.0 Å². The minimum atomic E-state index is -3.54. The highest BCUT2D eigenvalue weighted by molar-refractivity contribution is 7.89. The molecule has 6 heteroatoms. The Morgan fingerprint density at radius 3 is 2.48 bits per heavy atom. The molecule has 23 heavy (non-hydrogen) atoms. The van der Waals surface area contributed by atoms with Crippen LogP contribution in [0.5, 0.6) is 0 Å². The number of carbonyl (C=O) groups is 1. The van der Waals surface area contributed by atoms with Crippen molar-refractivity contribution in [1.82, 2.24) is 9.21 Å². The Balaban J connectivity index is 1.94. The molecule has 2 saturated heterocycles.